The SMILES string of the molecule is CCCC/C=C/CCCCCCCC1=NCC[N+]1(CC)CCO. The van der Waals surface area contributed by atoms with E-state index < -0.39 is 0 Å². The van der Waals surface area contributed by atoms with Gasteiger partial charge in [0.15, 0.2) is 5.84 Å². The summed E-state index contributed by atoms with van der Waals surface area (Å²) in [6.07, 6.45) is 17.6. The maximum atomic E-state index is 9.32. The summed E-state index contributed by atoms with van der Waals surface area (Å²) in [5, 5.41) is 9.32. The summed E-state index contributed by atoms with van der Waals surface area (Å²) in [5.41, 5.74) is 0. The first-order chi connectivity index (χ1) is 11.3. The molecule has 0 aromatic carbocycles. The number of amidine groups is 1. The molecule has 1 N–H and O–H groups in total. The number of hydrogen-bond donors (Lipinski definition) is 1. The van der Waals surface area contributed by atoms with Crippen LogP contribution in [0.4, 0.5) is 0 Å². The molecular weight excluding hydrogens is 284 g/mol. The number of allylic oxidation sites excluding steroid dienone is 2. The molecule has 1 heterocycles. The van der Waals surface area contributed by atoms with Crippen LogP contribution in [0.25, 0.3) is 0 Å². The largest absolute Gasteiger partial charge is 0.390 e. The Kier molecular flexibility index (Phi) is 11.3. The van der Waals surface area contributed by atoms with Gasteiger partial charge in [-0.25, -0.2) is 4.99 Å². The first-order valence-electron chi connectivity index (χ1n) is 9.95. The van der Waals surface area contributed by atoms with Gasteiger partial charge in [0.05, 0.1) is 19.7 Å². The Morgan fingerprint density at radius 3 is 2.39 bits per heavy atom. The molecule has 0 bridgehead atoms. The van der Waals surface area contributed by atoms with Gasteiger partial charge in [0.25, 0.3) is 0 Å². The van der Waals surface area contributed by atoms with E-state index in [2.05, 4.69) is 26.0 Å². The lowest BCUT2D eigenvalue weighted by Crippen LogP contribution is -2.52. The zero-order chi connectivity index (χ0) is 16.8. The van der Waals surface area contributed by atoms with Crippen LogP contribution in [0.1, 0.15) is 78.1 Å². The molecule has 0 amide bonds. The van der Waals surface area contributed by atoms with Crippen molar-refractivity contribution in [1.29, 1.82) is 0 Å². The van der Waals surface area contributed by atoms with Gasteiger partial charge in [-0.2, -0.15) is 0 Å². The molecule has 3 nitrogen and oxygen atoms in total. The molecule has 134 valence electrons. The molecule has 0 aromatic heterocycles. The number of unbranched alkanes of at least 4 members (excludes halogenated alkanes) is 7. The molecule has 0 aromatic rings. The molecule has 0 saturated carbocycles. The molecule has 1 aliphatic rings. The fraction of sp³-hybridized carbons (Fsp3) is 0.850. The standard InChI is InChI=1S/C20H39N2O/c1-3-5-6-7-8-9-10-11-12-13-14-15-20-21-16-17-22(20,4-2)18-19-23/h7-8,23H,3-6,9-19H2,1-2H3/q+1/b8-7+. The van der Waals surface area contributed by atoms with Crippen molar-refractivity contribution in [1.82, 2.24) is 0 Å². The fourth-order valence-corrected chi connectivity index (χ4v) is 3.53. The molecule has 1 unspecified atom stereocenters. The van der Waals surface area contributed by atoms with Crippen LogP contribution in [0.5, 0.6) is 0 Å². The number of nitrogens with zero attached hydrogens (tertiary/aromatic N) is 2. The minimum Gasteiger partial charge on any atom is -0.390 e. The van der Waals surface area contributed by atoms with Crippen molar-refractivity contribution in [3.63, 3.8) is 0 Å². The maximum absolute atomic E-state index is 9.32. The van der Waals surface area contributed by atoms with Crippen molar-refractivity contribution >= 4 is 5.84 Å². The summed E-state index contributed by atoms with van der Waals surface area (Å²) < 4.78 is 0.944. The van der Waals surface area contributed by atoms with Gasteiger partial charge >= 0.3 is 0 Å². The summed E-state index contributed by atoms with van der Waals surface area (Å²) in [6, 6.07) is 0. The Morgan fingerprint density at radius 2 is 1.70 bits per heavy atom. The van der Waals surface area contributed by atoms with E-state index in [1.807, 2.05) is 0 Å². The Labute approximate surface area is 144 Å². The molecular formula is C20H39N2O+. The Balaban J connectivity index is 2.05. The molecule has 0 spiro atoms. The Morgan fingerprint density at radius 1 is 1.00 bits per heavy atom. The van der Waals surface area contributed by atoms with Crippen LogP contribution in [0.3, 0.4) is 0 Å². The second-order valence-corrected chi connectivity index (χ2v) is 6.85. The van der Waals surface area contributed by atoms with Gasteiger partial charge in [-0.05, 0) is 32.6 Å². The van der Waals surface area contributed by atoms with Crippen molar-refractivity contribution in [2.75, 3.05) is 32.8 Å². The van der Waals surface area contributed by atoms with Gasteiger partial charge in [-0.1, -0.05) is 51.2 Å². The number of aliphatic hydroxyl groups is 1. The van der Waals surface area contributed by atoms with Gasteiger partial charge in [0.1, 0.15) is 13.1 Å². The second kappa shape index (κ2) is 12.7. The first-order valence-corrected chi connectivity index (χ1v) is 9.95. The number of likely N-dealkylation sites (N-methyl/N-ethyl adjacent to an activating group) is 1. The highest BCUT2D eigenvalue weighted by atomic mass is 16.3. The van der Waals surface area contributed by atoms with E-state index in [0.29, 0.717) is 0 Å². The van der Waals surface area contributed by atoms with E-state index in [0.717, 1.165) is 37.1 Å². The molecule has 0 saturated heterocycles. The molecule has 3 heteroatoms. The summed E-state index contributed by atoms with van der Waals surface area (Å²) in [7, 11) is 0. The molecule has 1 atom stereocenters. The first kappa shape index (κ1) is 20.4. The molecule has 0 fully saturated rings. The highest BCUT2D eigenvalue weighted by Gasteiger charge is 2.35. The lowest BCUT2D eigenvalue weighted by Gasteiger charge is -2.33. The predicted octanol–water partition coefficient (Wildman–Crippen LogP) is 4.70. The van der Waals surface area contributed by atoms with E-state index in [1.54, 1.807) is 0 Å². The third kappa shape index (κ3) is 7.63. The summed E-state index contributed by atoms with van der Waals surface area (Å²) in [4.78, 5) is 4.73. The molecule has 0 aliphatic carbocycles. The van der Waals surface area contributed by atoms with Crippen LogP contribution in [0, 0.1) is 0 Å². The van der Waals surface area contributed by atoms with Crippen molar-refractivity contribution in [3.05, 3.63) is 12.2 Å². The smallest absolute Gasteiger partial charge is 0.198 e. The quantitative estimate of drug-likeness (QED) is 0.280. The number of hydrogen-bond acceptors (Lipinski definition) is 2. The average Bonchev–Trinajstić information content (AvgIpc) is 2.96. The molecule has 0 radical (unpaired) electrons. The van der Waals surface area contributed by atoms with E-state index in [4.69, 9.17) is 4.99 Å². The zero-order valence-corrected chi connectivity index (χ0v) is 15.6. The highest BCUT2D eigenvalue weighted by Crippen LogP contribution is 2.19. The van der Waals surface area contributed by atoms with Gasteiger partial charge in [0, 0.05) is 6.42 Å². The molecule has 23 heavy (non-hydrogen) atoms. The summed E-state index contributed by atoms with van der Waals surface area (Å²) >= 11 is 0. The number of aliphatic hydroxyl groups excluding tert-OH is 1. The highest BCUT2D eigenvalue weighted by molar-refractivity contribution is 5.76. The van der Waals surface area contributed by atoms with Crippen LogP contribution >= 0.6 is 0 Å². The van der Waals surface area contributed by atoms with Crippen LogP contribution < -0.4 is 0 Å². The summed E-state index contributed by atoms with van der Waals surface area (Å²) in [6.45, 7) is 8.72. The van der Waals surface area contributed by atoms with Crippen LogP contribution in [0.2, 0.25) is 0 Å². The number of aliphatic imine (C=N–C) groups is 1. The van der Waals surface area contributed by atoms with Gasteiger partial charge in [-0.15, -0.1) is 0 Å². The number of quaternary nitrogens is 1. The van der Waals surface area contributed by atoms with Crippen LogP contribution in [-0.4, -0.2) is 48.2 Å². The monoisotopic (exact) mass is 323 g/mol. The Hall–Kier alpha value is -0.670. The Bertz CT molecular complexity index is 352. The van der Waals surface area contributed by atoms with Crippen LogP contribution in [0.15, 0.2) is 17.1 Å². The predicted molar refractivity (Wildman–Crippen MR) is 101 cm³/mol. The second-order valence-electron chi connectivity index (χ2n) is 6.85. The van der Waals surface area contributed by atoms with Gasteiger partial charge in [0.2, 0.25) is 0 Å². The molecule has 1 aliphatic heterocycles. The lowest BCUT2D eigenvalue weighted by molar-refractivity contribution is -0.835. The maximum Gasteiger partial charge on any atom is 0.198 e. The zero-order valence-electron chi connectivity index (χ0n) is 15.6. The minimum atomic E-state index is 0.276. The van der Waals surface area contributed by atoms with Gasteiger partial charge < -0.3 is 5.11 Å². The topological polar surface area (TPSA) is 32.6 Å². The molecule has 1 rings (SSSR count). The van der Waals surface area contributed by atoms with E-state index in [-0.39, 0.29) is 6.61 Å². The van der Waals surface area contributed by atoms with Crippen molar-refractivity contribution in [2.45, 2.75) is 78.1 Å². The van der Waals surface area contributed by atoms with Crippen molar-refractivity contribution < 1.29 is 9.59 Å². The van der Waals surface area contributed by atoms with Crippen LogP contribution in [-0.2, 0) is 0 Å². The average molecular weight is 324 g/mol. The van der Waals surface area contributed by atoms with Gasteiger partial charge in [-0.3, -0.25) is 4.48 Å². The number of rotatable bonds is 14. The summed E-state index contributed by atoms with van der Waals surface area (Å²) in [5.74, 6) is 1.35. The fourth-order valence-electron chi connectivity index (χ4n) is 3.53. The lowest BCUT2D eigenvalue weighted by atomic mass is 10.1. The van der Waals surface area contributed by atoms with E-state index >= 15 is 0 Å². The normalized spacial score (nSPS) is 21.3. The third-order valence-corrected chi connectivity index (χ3v) is 5.17. The van der Waals surface area contributed by atoms with Crippen molar-refractivity contribution in [2.24, 2.45) is 4.99 Å². The van der Waals surface area contributed by atoms with E-state index in [1.165, 1.54) is 63.6 Å². The van der Waals surface area contributed by atoms with E-state index in [9.17, 15) is 5.11 Å². The third-order valence-electron chi connectivity index (χ3n) is 5.17. The minimum absolute atomic E-state index is 0.276. The van der Waals surface area contributed by atoms with Crippen molar-refractivity contribution in [3.8, 4) is 0 Å².